The third kappa shape index (κ3) is 7.50. The molecule has 0 aliphatic carbocycles. The van der Waals surface area contributed by atoms with Gasteiger partial charge in [-0.05, 0) is 23.6 Å². The summed E-state index contributed by atoms with van der Waals surface area (Å²) in [7, 11) is 1.67. The van der Waals surface area contributed by atoms with Crippen molar-refractivity contribution in [2.45, 2.75) is 39.7 Å². The smallest absolute Gasteiger partial charge is 0.422 e. The third-order valence-electron chi connectivity index (χ3n) is 3.79. The molecule has 1 aromatic carbocycles. The molecule has 0 aliphatic heterocycles. The molecular weight excluding hydrogens is 371 g/mol. The number of halogens is 3. The predicted octanol–water partition coefficient (Wildman–Crippen LogP) is 3.35. The second kappa shape index (κ2) is 10.0. The van der Waals surface area contributed by atoms with E-state index in [2.05, 4.69) is 39.0 Å². The van der Waals surface area contributed by atoms with Crippen LogP contribution in [0.4, 0.5) is 13.2 Å². The fourth-order valence-corrected chi connectivity index (χ4v) is 2.50. The van der Waals surface area contributed by atoms with Crippen molar-refractivity contribution in [1.29, 1.82) is 0 Å². The Bertz CT molecular complexity index is 754. The summed E-state index contributed by atoms with van der Waals surface area (Å²) in [6, 6.07) is 6.45. The van der Waals surface area contributed by atoms with E-state index in [0.29, 0.717) is 25.0 Å². The van der Waals surface area contributed by atoms with E-state index >= 15 is 0 Å². The van der Waals surface area contributed by atoms with Gasteiger partial charge in [0.05, 0.1) is 6.54 Å². The SMILES string of the molecule is CN=C(NCc1ccc(OCC(F)(F)F)cc1)NCc1nccn1CC(C)C. The highest BCUT2D eigenvalue weighted by Crippen LogP contribution is 2.18. The third-order valence-corrected chi connectivity index (χ3v) is 3.79. The molecule has 28 heavy (non-hydrogen) atoms. The molecule has 2 N–H and O–H groups in total. The van der Waals surface area contributed by atoms with Crippen molar-refractivity contribution in [3.05, 3.63) is 48.0 Å². The van der Waals surface area contributed by atoms with Crippen LogP contribution in [0.3, 0.4) is 0 Å². The molecule has 0 saturated carbocycles. The normalized spacial score (nSPS) is 12.3. The van der Waals surface area contributed by atoms with Gasteiger partial charge in [0.2, 0.25) is 0 Å². The highest BCUT2D eigenvalue weighted by Gasteiger charge is 2.28. The number of imidazole rings is 1. The zero-order valence-electron chi connectivity index (χ0n) is 16.3. The van der Waals surface area contributed by atoms with Crippen molar-refractivity contribution >= 4 is 5.96 Å². The standard InChI is InChI=1S/C19H26F3N5O/c1-14(2)12-27-9-8-24-17(27)11-26-18(23-3)25-10-15-4-6-16(7-5-15)28-13-19(20,21)22/h4-9,14H,10-13H2,1-3H3,(H2,23,25,26). The average molecular weight is 397 g/mol. The fraction of sp³-hybridized carbons (Fsp3) is 0.474. The van der Waals surface area contributed by atoms with Crippen LogP contribution in [0, 0.1) is 5.92 Å². The lowest BCUT2D eigenvalue weighted by atomic mass is 10.2. The minimum absolute atomic E-state index is 0.181. The number of ether oxygens (including phenoxy) is 1. The number of benzene rings is 1. The number of nitrogens with zero attached hydrogens (tertiary/aromatic N) is 3. The Labute approximate surface area is 162 Å². The molecule has 0 amide bonds. The van der Waals surface area contributed by atoms with Crippen molar-refractivity contribution in [1.82, 2.24) is 20.2 Å². The summed E-state index contributed by atoms with van der Waals surface area (Å²) in [6.45, 7) is 4.90. The molecule has 2 aromatic rings. The summed E-state index contributed by atoms with van der Waals surface area (Å²) < 4.78 is 43.3. The molecule has 0 atom stereocenters. The summed E-state index contributed by atoms with van der Waals surface area (Å²) >= 11 is 0. The summed E-state index contributed by atoms with van der Waals surface area (Å²) in [5.41, 5.74) is 0.892. The molecule has 1 heterocycles. The van der Waals surface area contributed by atoms with Gasteiger partial charge in [0.1, 0.15) is 11.6 Å². The van der Waals surface area contributed by atoms with Crippen LogP contribution in [0.15, 0.2) is 41.7 Å². The van der Waals surface area contributed by atoms with E-state index in [1.54, 1.807) is 25.4 Å². The largest absolute Gasteiger partial charge is 0.484 e. The van der Waals surface area contributed by atoms with Crippen molar-refractivity contribution < 1.29 is 17.9 Å². The van der Waals surface area contributed by atoms with Gasteiger partial charge in [-0.15, -0.1) is 0 Å². The molecule has 154 valence electrons. The van der Waals surface area contributed by atoms with E-state index in [-0.39, 0.29) is 5.75 Å². The van der Waals surface area contributed by atoms with Crippen LogP contribution in [0.25, 0.3) is 0 Å². The Morgan fingerprint density at radius 1 is 1.18 bits per heavy atom. The van der Waals surface area contributed by atoms with Gasteiger partial charge in [0.25, 0.3) is 0 Å². The maximum Gasteiger partial charge on any atom is 0.422 e. The van der Waals surface area contributed by atoms with Gasteiger partial charge in [-0.1, -0.05) is 26.0 Å². The van der Waals surface area contributed by atoms with Gasteiger partial charge in [-0.3, -0.25) is 4.99 Å². The summed E-state index contributed by atoms with van der Waals surface area (Å²) in [4.78, 5) is 8.54. The van der Waals surface area contributed by atoms with Crippen LogP contribution in [0.1, 0.15) is 25.2 Å². The number of guanidine groups is 1. The first kappa shape index (κ1) is 21.6. The van der Waals surface area contributed by atoms with Gasteiger partial charge >= 0.3 is 6.18 Å². The first-order chi connectivity index (χ1) is 13.3. The van der Waals surface area contributed by atoms with Crippen LogP contribution >= 0.6 is 0 Å². The Hall–Kier alpha value is -2.71. The molecule has 0 fully saturated rings. The van der Waals surface area contributed by atoms with Crippen molar-refractivity contribution in [3.8, 4) is 5.75 Å². The van der Waals surface area contributed by atoms with E-state index in [1.807, 2.05) is 6.20 Å². The van der Waals surface area contributed by atoms with E-state index in [9.17, 15) is 13.2 Å². The van der Waals surface area contributed by atoms with Gasteiger partial charge in [0.15, 0.2) is 12.6 Å². The van der Waals surface area contributed by atoms with Crippen molar-refractivity contribution in [3.63, 3.8) is 0 Å². The minimum Gasteiger partial charge on any atom is -0.484 e. The molecule has 0 radical (unpaired) electrons. The highest BCUT2D eigenvalue weighted by atomic mass is 19.4. The van der Waals surface area contributed by atoms with Gasteiger partial charge in [-0.25, -0.2) is 4.98 Å². The van der Waals surface area contributed by atoms with Gasteiger partial charge < -0.3 is 19.9 Å². The molecule has 0 aliphatic rings. The lowest BCUT2D eigenvalue weighted by Crippen LogP contribution is -2.37. The number of alkyl halides is 3. The molecule has 2 rings (SSSR count). The molecule has 0 spiro atoms. The van der Waals surface area contributed by atoms with E-state index in [1.165, 1.54) is 12.1 Å². The number of aliphatic imine (C=N–C) groups is 1. The zero-order valence-corrected chi connectivity index (χ0v) is 16.3. The van der Waals surface area contributed by atoms with Crippen LogP contribution < -0.4 is 15.4 Å². The quantitative estimate of drug-likeness (QED) is 0.530. The van der Waals surface area contributed by atoms with E-state index in [4.69, 9.17) is 4.74 Å². The molecule has 0 unspecified atom stereocenters. The fourth-order valence-electron chi connectivity index (χ4n) is 2.50. The first-order valence-corrected chi connectivity index (χ1v) is 9.00. The zero-order chi connectivity index (χ0) is 20.6. The summed E-state index contributed by atoms with van der Waals surface area (Å²) in [5.74, 6) is 2.23. The lowest BCUT2D eigenvalue weighted by Gasteiger charge is -2.14. The Morgan fingerprint density at radius 3 is 2.46 bits per heavy atom. The molecule has 6 nitrogen and oxygen atoms in total. The number of aromatic nitrogens is 2. The maximum atomic E-state index is 12.2. The van der Waals surface area contributed by atoms with E-state index < -0.39 is 12.8 Å². The first-order valence-electron chi connectivity index (χ1n) is 9.00. The second-order valence-electron chi connectivity index (χ2n) is 6.72. The molecule has 0 saturated heterocycles. The van der Waals surface area contributed by atoms with Crippen LogP contribution in [-0.2, 0) is 19.6 Å². The summed E-state index contributed by atoms with van der Waals surface area (Å²) in [5, 5.41) is 6.38. The van der Waals surface area contributed by atoms with Crippen LogP contribution in [-0.4, -0.2) is 35.3 Å². The molecular formula is C19H26F3N5O. The number of nitrogens with one attached hydrogen (secondary N) is 2. The highest BCUT2D eigenvalue weighted by molar-refractivity contribution is 5.79. The lowest BCUT2D eigenvalue weighted by molar-refractivity contribution is -0.153. The van der Waals surface area contributed by atoms with Crippen LogP contribution in [0.2, 0.25) is 0 Å². The second-order valence-corrected chi connectivity index (χ2v) is 6.72. The predicted molar refractivity (Wildman–Crippen MR) is 102 cm³/mol. The average Bonchev–Trinajstić information content (AvgIpc) is 3.06. The van der Waals surface area contributed by atoms with Crippen molar-refractivity contribution in [2.75, 3.05) is 13.7 Å². The van der Waals surface area contributed by atoms with Crippen LogP contribution in [0.5, 0.6) is 5.75 Å². The topological polar surface area (TPSA) is 63.5 Å². The molecule has 9 heteroatoms. The number of rotatable bonds is 8. The summed E-state index contributed by atoms with van der Waals surface area (Å²) in [6.07, 6.45) is -0.615. The van der Waals surface area contributed by atoms with E-state index in [0.717, 1.165) is 17.9 Å². The van der Waals surface area contributed by atoms with Crippen molar-refractivity contribution in [2.24, 2.45) is 10.9 Å². The maximum absolute atomic E-state index is 12.2. The Balaban J connectivity index is 1.81. The molecule has 0 bridgehead atoms. The minimum atomic E-state index is -4.34. The number of hydrogen-bond acceptors (Lipinski definition) is 3. The molecule has 1 aromatic heterocycles. The Kier molecular flexibility index (Phi) is 7.71. The Morgan fingerprint density at radius 2 is 1.86 bits per heavy atom. The monoisotopic (exact) mass is 397 g/mol. The van der Waals surface area contributed by atoms with Gasteiger partial charge in [-0.2, -0.15) is 13.2 Å². The van der Waals surface area contributed by atoms with Gasteiger partial charge in [0, 0.05) is 32.5 Å². The number of hydrogen-bond donors (Lipinski definition) is 2.